The normalized spacial score (nSPS) is 11.0. The van der Waals surface area contributed by atoms with Gasteiger partial charge in [0.05, 0.1) is 11.2 Å². The van der Waals surface area contributed by atoms with Crippen molar-refractivity contribution in [1.82, 2.24) is 15.0 Å². The van der Waals surface area contributed by atoms with Gasteiger partial charge in [-0.05, 0) is 40.2 Å². The number of imidazole rings is 1. The van der Waals surface area contributed by atoms with Crippen LogP contribution in [-0.4, -0.2) is 15.0 Å². The number of benzene rings is 1. The highest BCUT2D eigenvalue weighted by atomic mass is 79.9. The van der Waals surface area contributed by atoms with Crippen molar-refractivity contribution >= 4 is 48.7 Å². The highest BCUT2D eigenvalue weighted by Gasteiger charge is 2.12. The zero-order chi connectivity index (χ0) is 12.7. The first-order valence-corrected chi connectivity index (χ1v) is 6.79. The SMILES string of the molecule is Nc1c(Br)cc(Br)cc1-c1nc2ncccc2[nH]1. The average Bonchev–Trinajstić information content (AvgIpc) is 2.77. The molecular weight excluding hydrogens is 360 g/mol. The van der Waals surface area contributed by atoms with Gasteiger partial charge in [0.15, 0.2) is 5.65 Å². The van der Waals surface area contributed by atoms with Crippen molar-refractivity contribution in [2.24, 2.45) is 0 Å². The minimum absolute atomic E-state index is 0.650. The molecule has 0 spiro atoms. The van der Waals surface area contributed by atoms with Gasteiger partial charge in [-0.25, -0.2) is 9.97 Å². The lowest BCUT2D eigenvalue weighted by molar-refractivity contribution is 1.30. The minimum Gasteiger partial charge on any atom is -0.397 e. The van der Waals surface area contributed by atoms with E-state index < -0.39 is 0 Å². The number of nitrogens with one attached hydrogen (secondary N) is 1. The van der Waals surface area contributed by atoms with Crippen LogP contribution in [0.2, 0.25) is 0 Å². The maximum atomic E-state index is 6.06. The maximum absolute atomic E-state index is 6.06. The number of aromatic amines is 1. The van der Waals surface area contributed by atoms with Crippen LogP contribution in [0, 0.1) is 0 Å². The van der Waals surface area contributed by atoms with Crippen LogP contribution in [0.1, 0.15) is 0 Å². The van der Waals surface area contributed by atoms with E-state index in [0.29, 0.717) is 17.2 Å². The summed E-state index contributed by atoms with van der Waals surface area (Å²) in [7, 11) is 0. The summed E-state index contributed by atoms with van der Waals surface area (Å²) in [6.07, 6.45) is 1.72. The minimum atomic E-state index is 0.650. The molecule has 3 aromatic rings. The molecule has 0 saturated heterocycles. The zero-order valence-electron chi connectivity index (χ0n) is 9.11. The van der Waals surface area contributed by atoms with Gasteiger partial charge in [0, 0.05) is 20.7 Å². The van der Waals surface area contributed by atoms with Crippen LogP contribution in [-0.2, 0) is 0 Å². The number of pyridine rings is 1. The molecule has 0 radical (unpaired) electrons. The second-order valence-corrected chi connectivity index (χ2v) is 5.58. The molecule has 0 bridgehead atoms. The fraction of sp³-hybridized carbons (Fsp3) is 0. The predicted octanol–water partition coefficient (Wildman–Crippen LogP) is 3.73. The summed E-state index contributed by atoms with van der Waals surface area (Å²) in [6, 6.07) is 7.63. The number of fused-ring (bicyclic) bond motifs is 1. The van der Waals surface area contributed by atoms with Gasteiger partial charge in [-0.3, -0.25) is 0 Å². The van der Waals surface area contributed by atoms with Crippen molar-refractivity contribution in [3.05, 3.63) is 39.4 Å². The molecule has 18 heavy (non-hydrogen) atoms. The fourth-order valence-corrected chi connectivity index (χ4v) is 2.98. The van der Waals surface area contributed by atoms with Crippen LogP contribution >= 0.6 is 31.9 Å². The molecule has 4 nitrogen and oxygen atoms in total. The first-order chi connectivity index (χ1) is 8.65. The summed E-state index contributed by atoms with van der Waals surface area (Å²) in [6.45, 7) is 0. The monoisotopic (exact) mass is 366 g/mol. The average molecular weight is 368 g/mol. The van der Waals surface area contributed by atoms with Gasteiger partial charge in [-0.15, -0.1) is 0 Å². The Kier molecular flexibility index (Phi) is 2.83. The van der Waals surface area contributed by atoms with Crippen molar-refractivity contribution in [1.29, 1.82) is 0 Å². The van der Waals surface area contributed by atoms with Gasteiger partial charge in [0.25, 0.3) is 0 Å². The molecule has 2 aromatic heterocycles. The lowest BCUT2D eigenvalue weighted by atomic mass is 10.2. The van der Waals surface area contributed by atoms with E-state index in [-0.39, 0.29) is 0 Å². The molecule has 0 fully saturated rings. The van der Waals surface area contributed by atoms with Gasteiger partial charge in [-0.1, -0.05) is 15.9 Å². The van der Waals surface area contributed by atoms with Gasteiger partial charge in [0.2, 0.25) is 0 Å². The Hall–Kier alpha value is -1.40. The molecule has 0 saturated carbocycles. The van der Waals surface area contributed by atoms with E-state index in [0.717, 1.165) is 20.0 Å². The number of nitrogens with two attached hydrogens (primary N) is 1. The Morgan fingerprint density at radius 2 is 2.06 bits per heavy atom. The van der Waals surface area contributed by atoms with E-state index in [9.17, 15) is 0 Å². The second kappa shape index (κ2) is 4.37. The molecule has 2 heterocycles. The smallest absolute Gasteiger partial charge is 0.178 e. The molecule has 3 N–H and O–H groups in total. The summed E-state index contributed by atoms with van der Waals surface area (Å²) in [4.78, 5) is 11.8. The van der Waals surface area contributed by atoms with Crippen LogP contribution in [0.15, 0.2) is 39.4 Å². The summed E-state index contributed by atoms with van der Waals surface area (Å²) < 4.78 is 1.77. The molecule has 1 aromatic carbocycles. The van der Waals surface area contributed by atoms with E-state index in [1.807, 2.05) is 24.3 Å². The van der Waals surface area contributed by atoms with Crippen LogP contribution < -0.4 is 5.73 Å². The molecule has 90 valence electrons. The first-order valence-electron chi connectivity index (χ1n) is 5.21. The van der Waals surface area contributed by atoms with Gasteiger partial charge in [0.1, 0.15) is 5.82 Å². The second-order valence-electron chi connectivity index (χ2n) is 3.81. The molecule has 0 atom stereocenters. The predicted molar refractivity (Wildman–Crippen MR) is 79.1 cm³/mol. The van der Waals surface area contributed by atoms with E-state index in [1.54, 1.807) is 6.20 Å². The number of rotatable bonds is 1. The van der Waals surface area contributed by atoms with Crippen molar-refractivity contribution < 1.29 is 0 Å². The van der Waals surface area contributed by atoms with E-state index >= 15 is 0 Å². The highest BCUT2D eigenvalue weighted by Crippen LogP contribution is 2.34. The van der Waals surface area contributed by atoms with Crippen LogP contribution in [0.3, 0.4) is 0 Å². The largest absolute Gasteiger partial charge is 0.397 e. The van der Waals surface area contributed by atoms with Crippen molar-refractivity contribution in [2.75, 3.05) is 5.73 Å². The third-order valence-corrected chi connectivity index (χ3v) is 3.72. The first kappa shape index (κ1) is 11.7. The van der Waals surface area contributed by atoms with E-state index in [1.165, 1.54) is 0 Å². The summed E-state index contributed by atoms with van der Waals surface area (Å²) >= 11 is 6.87. The Morgan fingerprint density at radius 3 is 2.83 bits per heavy atom. The maximum Gasteiger partial charge on any atom is 0.178 e. The third-order valence-electron chi connectivity index (χ3n) is 2.61. The lowest BCUT2D eigenvalue weighted by Gasteiger charge is -2.05. The third kappa shape index (κ3) is 1.91. The number of anilines is 1. The van der Waals surface area contributed by atoms with Crippen molar-refractivity contribution in [3.8, 4) is 11.4 Å². The highest BCUT2D eigenvalue weighted by molar-refractivity contribution is 9.11. The molecule has 0 aliphatic heterocycles. The molecular formula is C12H8Br2N4. The molecule has 0 amide bonds. The zero-order valence-corrected chi connectivity index (χ0v) is 12.3. The molecule has 3 rings (SSSR count). The van der Waals surface area contributed by atoms with Crippen LogP contribution in [0.4, 0.5) is 5.69 Å². The Bertz CT molecular complexity index is 703. The van der Waals surface area contributed by atoms with Gasteiger partial charge >= 0.3 is 0 Å². The standard InChI is InChI=1S/C12H8Br2N4/c13-6-4-7(10(15)8(14)5-6)11-17-9-2-1-3-16-12(9)18-11/h1-5H,15H2,(H,16,17,18). The number of hydrogen-bond acceptors (Lipinski definition) is 3. The fourth-order valence-electron chi connectivity index (χ4n) is 1.75. The topological polar surface area (TPSA) is 67.6 Å². The molecule has 0 unspecified atom stereocenters. The number of aromatic nitrogens is 3. The number of nitrogen functional groups attached to an aromatic ring is 1. The van der Waals surface area contributed by atoms with E-state index in [2.05, 4.69) is 46.8 Å². The Morgan fingerprint density at radius 1 is 1.22 bits per heavy atom. The lowest BCUT2D eigenvalue weighted by Crippen LogP contribution is -1.93. The van der Waals surface area contributed by atoms with E-state index in [4.69, 9.17) is 5.73 Å². The Labute approximate surface area is 120 Å². The number of H-pyrrole nitrogens is 1. The molecule has 0 aliphatic rings. The van der Waals surface area contributed by atoms with Crippen LogP contribution in [0.5, 0.6) is 0 Å². The quantitative estimate of drug-likeness (QED) is 0.644. The van der Waals surface area contributed by atoms with Crippen molar-refractivity contribution in [3.63, 3.8) is 0 Å². The summed E-state index contributed by atoms with van der Waals surface area (Å²) in [5.41, 5.74) is 9.12. The molecule has 6 heteroatoms. The number of nitrogens with zero attached hydrogens (tertiary/aromatic N) is 2. The van der Waals surface area contributed by atoms with Crippen LogP contribution in [0.25, 0.3) is 22.6 Å². The Balaban J connectivity index is 2.26. The molecule has 0 aliphatic carbocycles. The number of hydrogen-bond donors (Lipinski definition) is 2. The van der Waals surface area contributed by atoms with Gasteiger partial charge in [-0.2, -0.15) is 0 Å². The van der Waals surface area contributed by atoms with Crippen molar-refractivity contribution in [2.45, 2.75) is 0 Å². The van der Waals surface area contributed by atoms with Gasteiger partial charge < -0.3 is 10.7 Å². The number of halogens is 2. The summed E-state index contributed by atoms with van der Waals surface area (Å²) in [5, 5.41) is 0. The summed E-state index contributed by atoms with van der Waals surface area (Å²) in [5.74, 6) is 0.711.